The van der Waals surface area contributed by atoms with Crippen LogP contribution in [0.3, 0.4) is 0 Å². The molecule has 0 saturated heterocycles. The predicted molar refractivity (Wildman–Crippen MR) is 78.6 cm³/mol. The first-order valence-corrected chi connectivity index (χ1v) is 6.68. The van der Waals surface area contributed by atoms with Crippen LogP contribution in [-0.4, -0.2) is 24.2 Å². The number of nitrogens with one attached hydrogen (secondary N) is 1. The molecule has 0 amide bonds. The van der Waals surface area contributed by atoms with Crippen LogP contribution in [-0.2, 0) is 6.61 Å². The van der Waals surface area contributed by atoms with E-state index in [4.69, 9.17) is 20.0 Å². The number of ether oxygens (including phenoxy) is 1. The van der Waals surface area contributed by atoms with E-state index in [9.17, 15) is 4.79 Å². The zero-order valence-corrected chi connectivity index (χ0v) is 11.5. The Kier molecular flexibility index (Phi) is 5.22. The van der Waals surface area contributed by atoms with Gasteiger partial charge in [-0.2, -0.15) is 0 Å². The summed E-state index contributed by atoms with van der Waals surface area (Å²) < 4.78 is 10.6. The summed E-state index contributed by atoms with van der Waals surface area (Å²) in [7, 11) is 0. The SMILES string of the molecule is NCCCNc1ccc(OCc2ccc(C(=O)O)o2)cc1. The molecule has 0 aliphatic rings. The maximum atomic E-state index is 10.7. The maximum absolute atomic E-state index is 10.7. The first-order valence-electron chi connectivity index (χ1n) is 6.68. The third kappa shape index (κ3) is 4.54. The molecule has 0 aliphatic carbocycles. The highest BCUT2D eigenvalue weighted by Crippen LogP contribution is 2.17. The van der Waals surface area contributed by atoms with Gasteiger partial charge >= 0.3 is 5.97 Å². The Balaban J connectivity index is 1.83. The molecule has 1 aromatic carbocycles. The van der Waals surface area contributed by atoms with Gasteiger partial charge in [-0.3, -0.25) is 0 Å². The minimum Gasteiger partial charge on any atom is -0.486 e. The van der Waals surface area contributed by atoms with Gasteiger partial charge in [-0.1, -0.05) is 0 Å². The van der Waals surface area contributed by atoms with Gasteiger partial charge in [-0.25, -0.2) is 4.79 Å². The van der Waals surface area contributed by atoms with E-state index < -0.39 is 5.97 Å². The largest absolute Gasteiger partial charge is 0.486 e. The monoisotopic (exact) mass is 290 g/mol. The van der Waals surface area contributed by atoms with Crippen LogP contribution in [0.5, 0.6) is 5.75 Å². The Bertz CT molecular complexity index is 578. The van der Waals surface area contributed by atoms with E-state index in [1.807, 2.05) is 24.3 Å². The van der Waals surface area contributed by atoms with Gasteiger partial charge < -0.3 is 25.3 Å². The maximum Gasteiger partial charge on any atom is 0.371 e. The number of hydrogen-bond acceptors (Lipinski definition) is 5. The summed E-state index contributed by atoms with van der Waals surface area (Å²) in [6, 6.07) is 10.5. The zero-order valence-electron chi connectivity index (χ0n) is 11.5. The number of carbonyl (C=O) groups is 1. The number of hydrogen-bond donors (Lipinski definition) is 3. The first kappa shape index (κ1) is 14.9. The molecule has 21 heavy (non-hydrogen) atoms. The number of benzene rings is 1. The van der Waals surface area contributed by atoms with Crippen LogP contribution in [0, 0.1) is 0 Å². The molecule has 0 atom stereocenters. The van der Waals surface area contributed by atoms with Gasteiger partial charge in [0.15, 0.2) is 0 Å². The lowest BCUT2D eigenvalue weighted by molar-refractivity contribution is 0.0658. The average molecular weight is 290 g/mol. The van der Waals surface area contributed by atoms with E-state index in [-0.39, 0.29) is 12.4 Å². The molecule has 6 heteroatoms. The molecule has 0 radical (unpaired) electrons. The summed E-state index contributed by atoms with van der Waals surface area (Å²) in [4.78, 5) is 10.7. The summed E-state index contributed by atoms with van der Waals surface area (Å²) in [5.74, 6) is -0.0209. The van der Waals surface area contributed by atoms with Gasteiger partial charge in [0.2, 0.25) is 5.76 Å². The second-order valence-corrected chi connectivity index (χ2v) is 4.45. The molecule has 2 aromatic rings. The van der Waals surface area contributed by atoms with Crippen molar-refractivity contribution < 1.29 is 19.1 Å². The van der Waals surface area contributed by atoms with Crippen LogP contribution in [0.1, 0.15) is 22.7 Å². The molecule has 4 N–H and O–H groups in total. The second kappa shape index (κ2) is 7.35. The summed E-state index contributed by atoms with van der Waals surface area (Å²) >= 11 is 0. The Labute approximate surface area is 122 Å². The minimum absolute atomic E-state index is 0.0898. The summed E-state index contributed by atoms with van der Waals surface area (Å²) in [5, 5.41) is 12.0. The molecule has 0 bridgehead atoms. The molecular weight excluding hydrogens is 272 g/mol. The van der Waals surface area contributed by atoms with Crippen LogP contribution in [0.4, 0.5) is 5.69 Å². The fourth-order valence-electron chi connectivity index (χ4n) is 1.73. The van der Waals surface area contributed by atoms with E-state index in [1.54, 1.807) is 6.07 Å². The molecule has 1 heterocycles. The molecule has 0 spiro atoms. The molecule has 2 rings (SSSR count). The van der Waals surface area contributed by atoms with Crippen molar-refractivity contribution >= 4 is 11.7 Å². The van der Waals surface area contributed by atoms with Gasteiger partial charge in [-0.15, -0.1) is 0 Å². The van der Waals surface area contributed by atoms with Crippen LogP contribution in [0.25, 0.3) is 0 Å². The van der Waals surface area contributed by atoms with Crippen molar-refractivity contribution in [2.75, 3.05) is 18.4 Å². The highest BCUT2D eigenvalue weighted by molar-refractivity contribution is 5.84. The third-order valence-electron chi connectivity index (χ3n) is 2.82. The highest BCUT2D eigenvalue weighted by atomic mass is 16.5. The average Bonchev–Trinajstić information content (AvgIpc) is 2.96. The van der Waals surface area contributed by atoms with Crippen molar-refractivity contribution in [3.05, 3.63) is 47.9 Å². The van der Waals surface area contributed by atoms with Gasteiger partial charge in [-0.05, 0) is 49.4 Å². The molecule has 0 unspecified atom stereocenters. The number of furan rings is 1. The van der Waals surface area contributed by atoms with Crippen molar-refractivity contribution in [3.8, 4) is 5.75 Å². The first-order chi connectivity index (χ1) is 10.2. The summed E-state index contributed by atoms with van der Waals surface area (Å²) in [5.41, 5.74) is 6.43. The number of nitrogens with two attached hydrogens (primary N) is 1. The normalized spacial score (nSPS) is 10.3. The van der Waals surface area contributed by atoms with E-state index in [2.05, 4.69) is 5.32 Å². The van der Waals surface area contributed by atoms with E-state index in [1.165, 1.54) is 6.07 Å². The standard InChI is InChI=1S/C15H18N2O4/c16-8-1-9-17-11-2-4-12(5-3-11)20-10-13-6-7-14(21-13)15(18)19/h2-7,17H,1,8-10,16H2,(H,18,19). The van der Waals surface area contributed by atoms with E-state index >= 15 is 0 Å². The number of carboxylic acid groups (broad SMARTS) is 1. The molecule has 112 valence electrons. The predicted octanol–water partition coefficient (Wildman–Crippen LogP) is 2.32. The number of aromatic carboxylic acids is 1. The summed E-state index contributed by atoms with van der Waals surface area (Å²) in [6.45, 7) is 1.68. The van der Waals surface area contributed by atoms with Gasteiger partial charge in [0.1, 0.15) is 18.1 Å². The van der Waals surface area contributed by atoms with E-state index in [0.717, 1.165) is 18.7 Å². The molecule has 0 saturated carbocycles. The topological polar surface area (TPSA) is 97.7 Å². The fourth-order valence-corrected chi connectivity index (χ4v) is 1.73. The fraction of sp³-hybridized carbons (Fsp3) is 0.267. The molecule has 0 aliphatic heterocycles. The highest BCUT2D eigenvalue weighted by Gasteiger charge is 2.09. The quantitative estimate of drug-likeness (QED) is 0.645. The van der Waals surface area contributed by atoms with Crippen LogP contribution in [0.15, 0.2) is 40.8 Å². The Morgan fingerprint density at radius 1 is 1.24 bits per heavy atom. The second-order valence-electron chi connectivity index (χ2n) is 4.45. The Hall–Kier alpha value is -2.47. The van der Waals surface area contributed by atoms with Crippen molar-refractivity contribution in [3.63, 3.8) is 0 Å². The molecule has 0 fully saturated rings. The van der Waals surface area contributed by atoms with Crippen LogP contribution >= 0.6 is 0 Å². The number of anilines is 1. The van der Waals surface area contributed by atoms with Gasteiger partial charge in [0.05, 0.1) is 0 Å². The molecule has 6 nitrogen and oxygen atoms in total. The minimum atomic E-state index is -1.09. The zero-order chi connectivity index (χ0) is 15.1. The Morgan fingerprint density at radius 2 is 2.00 bits per heavy atom. The van der Waals surface area contributed by atoms with Crippen LogP contribution < -0.4 is 15.8 Å². The lowest BCUT2D eigenvalue weighted by Crippen LogP contribution is -2.08. The van der Waals surface area contributed by atoms with E-state index in [0.29, 0.717) is 18.1 Å². The number of carboxylic acids is 1. The smallest absolute Gasteiger partial charge is 0.371 e. The Morgan fingerprint density at radius 3 is 2.62 bits per heavy atom. The van der Waals surface area contributed by atoms with Crippen molar-refractivity contribution in [2.24, 2.45) is 5.73 Å². The lowest BCUT2D eigenvalue weighted by Gasteiger charge is -2.07. The van der Waals surface area contributed by atoms with Gasteiger partial charge in [0, 0.05) is 12.2 Å². The van der Waals surface area contributed by atoms with Crippen molar-refractivity contribution in [1.82, 2.24) is 0 Å². The van der Waals surface area contributed by atoms with Gasteiger partial charge in [0.25, 0.3) is 0 Å². The summed E-state index contributed by atoms with van der Waals surface area (Å²) in [6.07, 6.45) is 0.919. The molecule has 1 aromatic heterocycles. The molecular formula is C15H18N2O4. The van der Waals surface area contributed by atoms with Crippen molar-refractivity contribution in [2.45, 2.75) is 13.0 Å². The number of rotatable bonds is 8. The van der Waals surface area contributed by atoms with Crippen molar-refractivity contribution in [1.29, 1.82) is 0 Å². The lowest BCUT2D eigenvalue weighted by atomic mass is 10.3. The third-order valence-corrected chi connectivity index (χ3v) is 2.82. The van der Waals surface area contributed by atoms with Crippen LogP contribution in [0.2, 0.25) is 0 Å².